The number of hydrogen-bond acceptors (Lipinski definition) is 3. The molecule has 3 atom stereocenters. The van der Waals surface area contributed by atoms with Crippen LogP contribution >= 0.6 is 0 Å². The fourth-order valence-corrected chi connectivity index (χ4v) is 4.42. The van der Waals surface area contributed by atoms with Gasteiger partial charge in [0.15, 0.2) is 11.5 Å². The van der Waals surface area contributed by atoms with Crippen LogP contribution in [0.4, 0.5) is 0 Å². The Balaban J connectivity index is 1.59. The first-order valence-corrected chi connectivity index (χ1v) is 7.57. The maximum absolute atomic E-state index is 6.34. The van der Waals surface area contributed by atoms with Crippen LogP contribution in [-0.4, -0.2) is 12.9 Å². The average molecular weight is 274 g/mol. The van der Waals surface area contributed by atoms with E-state index in [4.69, 9.17) is 14.2 Å². The van der Waals surface area contributed by atoms with Crippen LogP contribution in [0.3, 0.4) is 0 Å². The highest BCUT2D eigenvalue weighted by atomic mass is 16.7. The summed E-state index contributed by atoms with van der Waals surface area (Å²) in [6.07, 6.45) is 4.12. The summed E-state index contributed by atoms with van der Waals surface area (Å²) in [5.74, 6) is 3.32. The van der Waals surface area contributed by atoms with Crippen molar-refractivity contribution in [2.75, 3.05) is 6.79 Å². The van der Waals surface area contributed by atoms with Gasteiger partial charge in [0.05, 0.1) is 0 Å². The monoisotopic (exact) mass is 274 g/mol. The van der Waals surface area contributed by atoms with Gasteiger partial charge in [0, 0.05) is 11.5 Å². The van der Waals surface area contributed by atoms with E-state index in [-0.39, 0.29) is 5.41 Å². The molecular formula is C17H22O3. The first kappa shape index (κ1) is 12.4. The molecule has 0 saturated heterocycles. The van der Waals surface area contributed by atoms with Gasteiger partial charge in [-0.25, -0.2) is 0 Å². The van der Waals surface area contributed by atoms with E-state index in [1.54, 1.807) is 0 Å². The Morgan fingerprint density at radius 1 is 1.15 bits per heavy atom. The van der Waals surface area contributed by atoms with Gasteiger partial charge in [-0.2, -0.15) is 0 Å². The normalized spacial score (nSPS) is 36.4. The quantitative estimate of drug-likeness (QED) is 0.815. The van der Waals surface area contributed by atoms with Crippen LogP contribution in [0.2, 0.25) is 0 Å². The van der Waals surface area contributed by atoms with E-state index in [0.717, 1.165) is 23.2 Å². The number of hydrogen-bond donors (Lipinski definition) is 0. The SMILES string of the molecule is CC1(C)C2CCC1(C)C(Oc1ccc3c(c1)OCO3)C2. The summed E-state index contributed by atoms with van der Waals surface area (Å²) in [6, 6.07) is 5.90. The lowest BCUT2D eigenvalue weighted by Crippen LogP contribution is -2.38. The summed E-state index contributed by atoms with van der Waals surface area (Å²) in [4.78, 5) is 0. The van der Waals surface area contributed by atoms with E-state index in [9.17, 15) is 0 Å². The average Bonchev–Trinajstić information content (AvgIpc) is 3.00. The van der Waals surface area contributed by atoms with E-state index in [1.807, 2.05) is 18.2 Å². The smallest absolute Gasteiger partial charge is 0.231 e. The molecule has 1 aromatic rings. The Bertz CT molecular complexity index is 551. The second kappa shape index (κ2) is 3.84. The predicted molar refractivity (Wildman–Crippen MR) is 76.2 cm³/mol. The van der Waals surface area contributed by atoms with Gasteiger partial charge in [-0.3, -0.25) is 0 Å². The van der Waals surface area contributed by atoms with E-state index < -0.39 is 0 Å². The third kappa shape index (κ3) is 1.46. The topological polar surface area (TPSA) is 27.7 Å². The summed E-state index contributed by atoms with van der Waals surface area (Å²) in [5, 5.41) is 0. The number of fused-ring (bicyclic) bond motifs is 3. The van der Waals surface area contributed by atoms with Gasteiger partial charge in [-0.1, -0.05) is 20.8 Å². The molecule has 0 amide bonds. The maximum Gasteiger partial charge on any atom is 0.231 e. The number of ether oxygens (including phenoxy) is 3. The molecule has 20 heavy (non-hydrogen) atoms. The van der Waals surface area contributed by atoms with Crippen molar-refractivity contribution in [3.05, 3.63) is 18.2 Å². The fraction of sp³-hybridized carbons (Fsp3) is 0.647. The van der Waals surface area contributed by atoms with Crippen molar-refractivity contribution >= 4 is 0 Å². The first-order valence-electron chi connectivity index (χ1n) is 7.57. The van der Waals surface area contributed by atoms with E-state index in [2.05, 4.69) is 20.8 Å². The molecule has 1 heterocycles. The van der Waals surface area contributed by atoms with E-state index >= 15 is 0 Å². The molecular weight excluding hydrogens is 252 g/mol. The lowest BCUT2D eigenvalue weighted by Gasteiger charge is -2.38. The fourth-order valence-electron chi connectivity index (χ4n) is 4.42. The number of benzene rings is 1. The van der Waals surface area contributed by atoms with Gasteiger partial charge < -0.3 is 14.2 Å². The van der Waals surface area contributed by atoms with Gasteiger partial charge >= 0.3 is 0 Å². The number of rotatable bonds is 2. The molecule has 3 aliphatic rings. The Morgan fingerprint density at radius 2 is 1.95 bits per heavy atom. The van der Waals surface area contributed by atoms with Gasteiger partial charge in [-0.05, 0) is 42.7 Å². The Morgan fingerprint density at radius 3 is 2.65 bits per heavy atom. The van der Waals surface area contributed by atoms with Crippen LogP contribution in [0.1, 0.15) is 40.0 Å². The molecule has 0 spiro atoms. The summed E-state index contributed by atoms with van der Waals surface area (Å²) >= 11 is 0. The lowest BCUT2D eigenvalue weighted by atomic mass is 9.70. The Hall–Kier alpha value is -1.38. The minimum atomic E-state index is 0.286. The van der Waals surface area contributed by atoms with Crippen molar-refractivity contribution in [3.63, 3.8) is 0 Å². The molecule has 1 aliphatic heterocycles. The third-order valence-electron chi connectivity index (χ3n) is 6.34. The Kier molecular flexibility index (Phi) is 2.37. The molecule has 3 heteroatoms. The third-order valence-corrected chi connectivity index (χ3v) is 6.34. The molecule has 2 fully saturated rings. The largest absolute Gasteiger partial charge is 0.490 e. The zero-order valence-corrected chi connectivity index (χ0v) is 12.4. The minimum absolute atomic E-state index is 0.286. The van der Waals surface area contributed by atoms with Crippen molar-refractivity contribution in [2.24, 2.45) is 16.7 Å². The second-order valence-corrected chi connectivity index (χ2v) is 7.23. The van der Waals surface area contributed by atoms with Crippen molar-refractivity contribution in [3.8, 4) is 17.2 Å². The van der Waals surface area contributed by atoms with E-state index in [0.29, 0.717) is 18.3 Å². The van der Waals surface area contributed by atoms with Gasteiger partial charge in [0.1, 0.15) is 11.9 Å². The summed E-state index contributed by atoms with van der Waals surface area (Å²) < 4.78 is 17.1. The minimum Gasteiger partial charge on any atom is -0.490 e. The standard InChI is InChI=1S/C17H22O3/c1-16(2)11-6-7-17(16,3)15(8-11)20-12-4-5-13-14(9-12)19-10-18-13/h4-5,9,11,15H,6-8,10H2,1-3H3. The van der Waals surface area contributed by atoms with Crippen LogP contribution in [0.25, 0.3) is 0 Å². The molecule has 108 valence electrons. The highest BCUT2D eigenvalue weighted by Crippen LogP contribution is 2.66. The van der Waals surface area contributed by atoms with E-state index in [1.165, 1.54) is 19.3 Å². The summed E-state index contributed by atoms with van der Waals surface area (Å²) in [6.45, 7) is 7.54. The molecule has 3 nitrogen and oxygen atoms in total. The second-order valence-electron chi connectivity index (χ2n) is 7.23. The lowest BCUT2D eigenvalue weighted by molar-refractivity contribution is 0.0301. The van der Waals surface area contributed by atoms with Crippen LogP contribution < -0.4 is 14.2 Å². The van der Waals surface area contributed by atoms with Crippen LogP contribution in [0.5, 0.6) is 17.2 Å². The molecule has 1 aromatic carbocycles. The van der Waals surface area contributed by atoms with Crippen molar-refractivity contribution in [1.29, 1.82) is 0 Å². The highest BCUT2D eigenvalue weighted by molar-refractivity contribution is 5.47. The molecule has 0 aromatic heterocycles. The van der Waals surface area contributed by atoms with Gasteiger partial charge in [-0.15, -0.1) is 0 Å². The molecule has 3 unspecified atom stereocenters. The zero-order valence-electron chi connectivity index (χ0n) is 12.4. The van der Waals surface area contributed by atoms with Crippen molar-refractivity contribution in [2.45, 2.75) is 46.1 Å². The highest BCUT2D eigenvalue weighted by Gasteiger charge is 2.62. The molecule has 2 bridgehead atoms. The van der Waals surface area contributed by atoms with Crippen molar-refractivity contribution in [1.82, 2.24) is 0 Å². The van der Waals surface area contributed by atoms with Crippen LogP contribution in [0.15, 0.2) is 18.2 Å². The zero-order chi connectivity index (χ0) is 14.0. The summed E-state index contributed by atoms with van der Waals surface area (Å²) in [7, 11) is 0. The van der Waals surface area contributed by atoms with Gasteiger partial charge in [0.2, 0.25) is 6.79 Å². The van der Waals surface area contributed by atoms with Gasteiger partial charge in [0.25, 0.3) is 0 Å². The Labute approximate surface area is 120 Å². The molecule has 2 saturated carbocycles. The molecule has 2 aliphatic carbocycles. The molecule has 0 radical (unpaired) electrons. The van der Waals surface area contributed by atoms with Crippen LogP contribution in [-0.2, 0) is 0 Å². The summed E-state index contributed by atoms with van der Waals surface area (Å²) in [5.41, 5.74) is 0.669. The van der Waals surface area contributed by atoms with Crippen molar-refractivity contribution < 1.29 is 14.2 Å². The first-order chi connectivity index (χ1) is 9.50. The van der Waals surface area contributed by atoms with Crippen LogP contribution in [0, 0.1) is 16.7 Å². The predicted octanol–water partition coefficient (Wildman–Crippen LogP) is 4.01. The molecule has 4 rings (SSSR count). The molecule has 0 N–H and O–H groups in total. The maximum atomic E-state index is 6.34.